The highest BCUT2D eigenvalue weighted by atomic mass is 16.5. The Hall–Kier alpha value is -3.51. The maximum Gasteiger partial charge on any atom is 0.145 e. The van der Waals surface area contributed by atoms with Crippen LogP contribution in [0.25, 0.3) is 10.9 Å². The molecule has 1 spiro atoms. The highest BCUT2D eigenvalue weighted by Gasteiger charge is 2.40. The average Bonchev–Trinajstić information content (AvgIpc) is 3.26. The number of ether oxygens (including phenoxy) is 1. The van der Waals surface area contributed by atoms with Crippen LogP contribution in [0.15, 0.2) is 73.2 Å². The fourth-order valence-corrected chi connectivity index (χ4v) is 5.17. The standard InChI is InChI=1S/C27H29N5O/c1-2-4-24-23(3-1)20(18-30-24)9-16-32-19-27(10-14-29-15-11-27)33-26-17-22(5-6-25(26)32)31-21-7-12-28-13-8-21/h1-8,12-13,17-18,29-30H,9-11,14-16,19H2,(H,28,31). The van der Waals surface area contributed by atoms with Crippen LogP contribution in [0.1, 0.15) is 18.4 Å². The van der Waals surface area contributed by atoms with Crippen molar-refractivity contribution in [2.24, 2.45) is 0 Å². The van der Waals surface area contributed by atoms with Gasteiger partial charge >= 0.3 is 0 Å². The molecule has 0 amide bonds. The van der Waals surface area contributed by atoms with E-state index in [0.717, 1.165) is 62.6 Å². The van der Waals surface area contributed by atoms with Crippen molar-refractivity contribution in [3.05, 3.63) is 78.8 Å². The van der Waals surface area contributed by atoms with Crippen LogP contribution in [-0.2, 0) is 6.42 Å². The van der Waals surface area contributed by atoms with E-state index in [0.29, 0.717) is 0 Å². The number of aromatic amines is 1. The molecule has 2 aliphatic rings. The summed E-state index contributed by atoms with van der Waals surface area (Å²) >= 11 is 0. The normalized spacial score (nSPS) is 17.0. The number of hydrogen-bond acceptors (Lipinski definition) is 5. The van der Waals surface area contributed by atoms with Crippen LogP contribution in [-0.4, -0.2) is 41.7 Å². The molecule has 0 bridgehead atoms. The maximum absolute atomic E-state index is 6.74. The first-order chi connectivity index (χ1) is 16.3. The molecule has 4 aromatic rings. The molecule has 4 heterocycles. The smallest absolute Gasteiger partial charge is 0.145 e. The average molecular weight is 440 g/mol. The van der Waals surface area contributed by atoms with Gasteiger partial charge in [0.1, 0.15) is 11.4 Å². The van der Waals surface area contributed by atoms with Crippen molar-refractivity contribution in [1.82, 2.24) is 15.3 Å². The third kappa shape index (κ3) is 4.02. The Labute approximate surface area is 194 Å². The summed E-state index contributed by atoms with van der Waals surface area (Å²) in [7, 11) is 0. The summed E-state index contributed by atoms with van der Waals surface area (Å²) in [6.45, 7) is 3.90. The molecule has 6 nitrogen and oxygen atoms in total. The van der Waals surface area contributed by atoms with Crippen LogP contribution >= 0.6 is 0 Å². The number of H-pyrrole nitrogens is 1. The molecule has 168 valence electrons. The van der Waals surface area contributed by atoms with Gasteiger partial charge in [-0.05, 0) is 55.4 Å². The lowest BCUT2D eigenvalue weighted by Crippen LogP contribution is -2.56. The SMILES string of the molecule is c1ccc2c(CCN3CC4(CCNCC4)Oc4cc(Nc5ccncc5)ccc43)c[nH]c2c1. The number of aromatic nitrogens is 2. The Bertz CT molecular complexity index is 1250. The molecule has 2 aromatic heterocycles. The van der Waals surface area contributed by atoms with Crippen molar-refractivity contribution in [1.29, 1.82) is 0 Å². The number of rotatable bonds is 5. The van der Waals surface area contributed by atoms with Crippen LogP contribution in [0.2, 0.25) is 0 Å². The van der Waals surface area contributed by atoms with Crippen molar-refractivity contribution >= 4 is 28.0 Å². The second-order valence-corrected chi connectivity index (χ2v) is 9.11. The van der Waals surface area contributed by atoms with Crippen LogP contribution in [0.5, 0.6) is 5.75 Å². The number of nitrogens with zero attached hydrogens (tertiary/aromatic N) is 2. The van der Waals surface area contributed by atoms with E-state index in [4.69, 9.17) is 4.74 Å². The fraction of sp³-hybridized carbons (Fsp3) is 0.296. The van der Waals surface area contributed by atoms with Crippen LogP contribution in [0, 0.1) is 0 Å². The molecule has 0 unspecified atom stereocenters. The van der Waals surface area contributed by atoms with Crippen LogP contribution < -0.4 is 20.3 Å². The van der Waals surface area contributed by atoms with Gasteiger partial charge in [0.05, 0.1) is 12.2 Å². The summed E-state index contributed by atoms with van der Waals surface area (Å²) < 4.78 is 6.74. The van der Waals surface area contributed by atoms with Crippen molar-refractivity contribution < 1.29 is 4.74 Å². The fourth-order valence-electron chi connectivity index (χ4n) is 5.17. The summed E-state index contributed by atoms with van der Waals surface area (Å²) in [5, 5.41) is 8.29. The van der Waals surface area contributed by atoms with Gasteiger partial charge in [-0.25, -0.2) is 0 Å². The molecule has 0 aliphatic carbocycles. The van der Waals surface area contributed by atoms with Gasteiger partial charge in [0.2, 0.25) is 0 Å². The Kier molecular flexibility index (Phi) is 5.15. The molecule has 2 aliphatic heterocycles. The summed E-state index contributed by atoms with van der Waals surface area (Å²) in [5.74, 6) is 0.973. The lowest BCUT2D eigenvalue weighted by molar-refractivity contribution is 0.0351. The molecule has 0 radical (unpaired) electrons. The number of pyridine rings is 1. The first kappa shape index (κ1) is 20.1. The maximum atomic E-state index is 6.74. The molecular weight excluding hydrogens is 410 g/mol. The summed E-state index contributed by atoms with van der Waals surface area (Å²) in [6.07, 6.45) is 8.81. The minimum Gasteiger partial charge on any atom is -0.483 e. The first-order valence-corrected chi connectivity index (χ1v) is 11.8. The lowest BCUT2D eigenvalue weighted by atomic mass is 9.89. The van der Waals surface area contributed by atoms with E-state index in [2.05, 4.69) is 74.2 Å². The van der Waals surface area contributed by atoms with E-state index in [-0.39, 0.29) is 5.60 Å². The van der Waals surface area contributed by atoms with E-state index in [9.17, 15) is 0 Å². The minimum absolute atomic E-state index is 0.131. The predicted molar refractivity (Wildman–Crippen MR) is 134 cm³/mol. The quantitative estimate of drug-likeness (QED) is 0.414. The van der Waals surface area contributed by atoms with Gasteiger partial charge in [-0.15, -0.1) is 0 Å². The highest BCUT2D eigenvalue weighted by molar-refractivity contribution is 5.83. The van der Waals surface area contributed by atoms with Crippen molar-refractivity contribution in [3.63, 3.8) is 0 Å². The molecule has 6 heteroatoms. The largest absolute Gasteiger partial charge is 0.483 e. The second kappa shape index (κ2) is 8.45. The second-order valence-electron chi connectivity index (χ2n) is 9.11. The van der Waals surface area contributed by atoms with E-state index < -0.39 is 0 Å². The van der Waals surface area contributed by atoms with E-state index >= 15 is 0 Å². The predicted octanol–water partition coefficient (Wildman–Crippen LogP) is 4.87. The topological polar surface area (TPSA) is 65.2 Å². The lowest BCUT2D eigenvalue weighted by Gasteiger charge is -2.47. The van der Waals surface area contributed by atoms with Crippen LogP contribution in [0.4, 0.5) is 17.1 Å². The Morgan fingerprint density at radius 3 is 2.73 bits per heavy atom. The van der Waals surface area contributed by atoms with Crippen molar-refractivity contribution in [2.45, 2.75) is 24.9 Å². The Morgan fingerprint density at radius 1 is 1.00 bits per heavy atom. The van der Waals surface area contributed by atoms with E-state index in [1.54, 1.807) is 12.4 Å². The van der Waals surface area contributed by atoms with Gasteiger partial charge in [-0.1, -0.05) is 18.2 Å². The molecule has 33 heavy (non-hydrogen) atoms. The van der Waals surface area contributed by atoms with Gasteiger partial charge < -0.3 is 25.3 Å². The van der Waals surface area contributed by atoms with Crippen molar-refractivity contribution in [3.8, 4) is 5.75 Å². The monoisotopic (exact) mass is 439 g/mol. The number of piperidine rings is 1. The highest BCUT2D eigenvalue weighted by Crippen LogP contribution is 2.42. The van der Waals surface area contributed by atoms with Gasteiger partial charge in [0.15, 0.2) is 0 Å². The minimum atomic E-state index is -0.131. The summed E-state index contributed by atoms with van der Waals surface area (Å²) in [6, 6.07) is 19.0. The number of hydrogen-bond donors (Lipinski definition) is 3. The molecule has 1 saturated heterocycles. The van der Waals surface area contributed by atoms with Gasteiger partial charge in [0.25, 0.3) is 0 Å². The molecular formula is C27H29N5O. The molecule has 2 aromatic carbocycles. The molecule has 0 saturated carbocycles. The summed E-state index contributed by atoms with van der Waals surface area (Å²) in [5.41, 5.74) is 5.68. The number of anilines is 3. The zero-order chi connectivity index (χ0) is 22.1. The van der Waals surface area contributed by atoms with Gasteiger partial charge in [-0.2, -0.15) is 0 Å². The molecule has 0 atom stereocenters. The zero-order valence-corrected chi connectivity index (χ0v) is 18.7. The van der Waals surface area contributed by atoms with Gasteiger partial charge in [0, 0.05) is 66.3 Å². The number of benzene rings is 2. The Balaban J connectivity index is 1.29. The van der Waals surface area contributed by atoms with E-state index in [1.165, 1.54) is 22.2 Å². The first-order valence-electron chi connectivity index (χ1n) is 11.8. The van der Waals surface area contributed by atoms with Gasteiger partial charge in [-0.3, -0.25) is 4.98 Å². The summed E-state index contributed by atoms with van der Waals surface area (Å²) in [4.78, 5) is 10.1. The number of fused-ring (bicyclic) bond motifs is 2. The van der Waals surface area contributed by atoms with E-state index in [1.807, 2.05) is 12.1 Å². The molecule has 3 N–H and O–H groups in total. The number of nitrogens with one attached hydrogen (secondary N) is 3. The third-order valence-electron chi connectivity index (χ3n) is 6.92. The van der Waals surface area contributed by atoms with Crippen LogP contribution in [0.3, 0.4) is 0 Å². The molecule has 6 rings (SSSR count). The third-order valence-corrected chi connectivity index (χ3v) is 6.92. The zero-order valence-electron chi connectivity index (χ0n) is 18.7. The number of para-hydroxylation sites is 1. The van der Waals surface area contributed by atoms with Crippen molar-refractivity contribution in [2.75, 3.05) is 36.4 Å². The molecule has 1 fully saturated rings. The Morgan fingerprint density at radius 2 is 1.85 bits per heavy atom.